The summed E-state index contributed by atoms with van der Waals surface area (Å²) in [4.78, 5) is 79.1. The third-order valence-electron chi connectivity index (χ3n) is 12.7. The predicted molar refractivity (Wildman–Crippen MR) is 238 cm³/mol. The number of fused-ring (bicyclic) bond motifs is 2. The minimum atomic E-state index is -0.757. The van der Waals surface area contributed by atoms with E-state index in [2.05, 4.69) is 31.0 Å². The van der Waals surface area contributed by atoms with Gasteiger partial charge in [0.1, 0.15) is 18.2 Å². The maximum absolute atomic E-state index is 17.1. The smallest absolute Gasteiger partial charge is 0.350 e. The number of imidazole rings is 1. The third kappa shape index (κ3) is 7.43. The molecule has 18 heteroatoms. The molecule has 4 aromatic carbocycles. The predicted octanol–water partition coefficient (Wildman–Crippen LogP) is 4.36. The van der Waals surface area contributed by atoms with Gasteiger partial charge in [0.2, 0.25) is 11.8 Å². The van der Waals surface area contributed by atoms with E-state index in [9.17, 15) is 28.8 Å². The number of halogens is 1. The van der Waals surface area contributed by atoms with Crippen LogP contribution in [-0.2, 0) is 37.2 Å². The van der Waals surface area contributed by atoms with Gasteiger partial charge in [-0.05, 0) is 110 Å². The monoisotopic (exact) mass is 867 g/mol. The van der Waals surface area contributed by atoms with Crippen molar-refractivity contribution in [2.24, 2.45) is 27.1 Å². The van der Waals surface area contributed by atoms with Crippen LogP contribution in [0, 0.1) is 11.7 Å². The molecule has 328 valence electrons. The van der Waals surface area contributed by atoms with Crippen molar-refractivity contribution in [3.05, 3.63) is 123 Å². The molecule has 17 nitrogen and oxygen atoms in total. The summed E-state index contributed by atoms with van der Waals surface area (Å²) in [5, 5.41) is 16.3. The van der Waals surface area contributed by atoms with Gasteiger partial charge in [0.25, 0.3) is 11.8 Å². The second kappa shape index (κ2) is 16.6. The fraction of sp³-hybridized carbons (Fsp3) is 0.304. The van der Waals surface area contributed by atoms with E-state index in [1.165, 1.54) is 37.9 Å². The first-order valence-electron chi connectivity index (χ1n) is 21.1. The Labute approximate surface area is 365 Å². The number of anilines is 2. The van der Waals surface area contributed by atoms with Crippen molar-refractivity contribution in [2.75, 3.05) is 30.4 Å². The van der Waals surface area contributed by atoms with Gasteiger partial charge in [0.15, 0.2) is 5.69 Å². The molecule has 9 rings (SSSR count). The zero-order chi connectivity index (χ0) is 45.0. The van der Waals surface area contributed by atoms with E-state index in [1.807, 2.05) is 24.3 Å². The molecule has 1 unspecified atom stereocenters. The number of aryl methyl sites for hydroxylation is 4. The highest BCUT2D eigenvalue weighted by Crippen LogP contribution is 2.36. The number of aromatic nitrogens is 7. The first-order chi connectivity index (χ1) is 30.8. The van der Waals surface area contributed by atoms with Crippen molar-refractivity contribution in [2.45, 2.75) is 44.6 Å². The lowest BCUT2D eigenvalue weighted by atomic mass is 9.87. The summed E-state index contributed by atoms with van der Waals surface area (Å²) >= 11 is 0. The van der Waals surface area contributed by atoms with E-state index >= 15 is 4.39 Å². The number of hydrogen-bond donors (Lipinski definition) is 3. The molecule has 2 fully saturated rings. The van der Waals surface area contributed by atoms with Gasteiger partial charge in [-0.25, -0.2) is 23.2 Å². The SMILES string of the molecule is CNC(=O)c1cccc(NC(=O)c2nn(C)c3ccc(-c4ccc(-n5cnn(C)c5=O)cc4CCC4CCN(c5ccc6c(c5)n(C)c(=O)n6C5CCC(=O)NC5=O)CC4)c(F)c23)c1. The van der Waals surface area contributed by atoms with Crippen molar-refractivity contribution in [1.29, 1.82) is 0 Å². The molecule has 0 radical (unpaired) electrons. The summed E-state index contributed by atoms with van der Waals surface area (Å²) in [5.41, 5.74) is 4.98. The molecule has 4 amide bonds. The lowest BCUT2D eigenvalue weighted by Gasteiger charge is -2.34. The van der Waals surface area contributed by atoms with Crippen molar-refractivity contribution in [3.8, 4) is 16.8 Å². The van der Waals surface area contributed by atoms with Gasteiger partial charge in [-0.15, -0.1) is 0 Å². The van der Waals surface area contributed by atoms with Gasteiger partial charge >= 0.3 is 11.4 Å². The number of amides is 4. The number of nitrogens with one attached hydrogen (secondary N) is 3. The molecule has 2 saturated heterocycles. The number of piperidine rings is 2. The summed E-state index contributed by atoms with van der Waals surface area (Å²) in [6.45, 7) is 1.53. The van der Waals surface area contributed by atoms with Crippen molar-refractivity contribution < 1.29 is 23.6 Å². The molecule has 1 atom stereocenters. The molecule has 0 aliphatic carbocycles. The van der Waals surface area contributed by atoms with Gasteiger partial charge in [-0.2, -0.15) is 10.2 Å². The van der Waals surface area contributed by atoms with Gasteiger partial charge in [-0.3, -0.25) is 38.3 Å². The van der Waals surface area contributed by atoms with Crippen LogP contribution in [0.4, 0.5) is 15.8 Å². The van der Waals surface area contributed by atoms with E-state index in [1.54, 1.807) is 68.2 Å². The molecule has 0 bridgehead atoms. The standard InChI is InChI=1S/C46H46FN11O6/c1-48-42(60)28-6-5-7-29(22-28)50-44(62)41-39-35(54(3)52-41)15-13-33(40(39)47)32-12-10-31(57-25-49-55(4)46(57)64)23-27(32)9-8-26-18-20-56(21-19-26)30-11-14-34-37(24-30)53(2)45(63)58(34)36-16-17-38(59)51-43(36)61/h5-7,10-15,22-26,36H,8-9,16-21H2,1-4H3,(H,48,60)(H,50,62)(H,51,59,61). The van der Waals surface area contributed by atoms with E-state index in [0.717, 1.165) is 43.6 Å². The molecule has 0 saturated carbocycles. The van der Waals surface area contributed by atoms with Gasteiger partial charge in [-0.1, -0.05) is 12.1 Å². The van der Waals surface area contributed by atoms with Crippen LogP contribution in [-0.4, -0.2) is 77.0 Å². The lowest BCUT2D eigenvalue weighted by Crippen LogP contribution is -2.44. The zero-order valence-corrected chi connectivity index (χ0v) is 35.7. The maximum atomic E-state index is 17.1. The van der Waals surface area contributed by atoms with E-state index in [0.29, 0.717) is 51.4 Å². The van der Waals surface area contributed by atoms with Crippen molar-refractivity contribution >= 4 is 56.9 Å². The Morgan fingerprint density at radius 2 is 1.56 bits per heavy atom. The van der Waals surface area contributed by atoms with Crippen LogP contribution in [0.2, 0.25) is 0 Å². The quantitative estimate of drug-likeness (QED) is 0.168. The Balaban J connectivity index is 0.970. The molecule has 3 aromatic heterocycles. The van der Waals surface area contributed by atoms with Crippen LogP contribution in [0.25, 0.3) is 38.8 Å². The van der Waals surface area contributed by atoms with Crippen molar-refractivity contribution in [3.63, 3.8) is 0 Å². The summed E-state index contributed by atoms with van der Waals surface area (Å²) in [6.07, 6.45) is 5.01. The Hall–Kier alpha value is -7.63. The molecule has 0 spiro atoms. The normalized spacial score (nSPS) is 15.8. The minimum absolute atomic E-state index is 0.0524. The summed E-state index contributed by atoms with van der Waals surface area (Å²) in [6, 6.07) is 20.4. The number of benzene rings is 4. The highest BCUT2D eigenvalue weighted by Gasteiger charge is 2.32. The lowest BCUT2D eigenvalue weighted by molar-refractivity contribution is -0.135. The van der Waals surface area contributed by atoms with Crippen LogP contribution in [0.5, 0.6) is 0 Å². The average Bonchev–Trinajstić information content (AvgIpc) is 3.91. The summed E-state index contributed by atoms with van der Waals surface area (Å²) < 4.78 is 24.2. The van der Waals surface area contributed by atoms with E-state index in [-0.39, 0.29) is 52.7 Å². The Kier molecular flexibility index (Phi) is 10.8. The Bertz CT molecular complexity index is 3170. The largest absolute Gasteiger partial charge is 0.371 e. The highest BCUT2D eigenvalue weighted by molar-refractivity contribution is 6.12. The minimum Gasteiger partial charge on any atom is -0.371 e. The Morgan fingerprint density at radius 1 is 0.812 bits per heavy atom. The van der Waals surface area contributed by atoms with Crippen LogP contribution >= 0.6 is 0 Å². The van der Waals surface area contributed by atoms with Gasteiger partial charge in [0, 0.05) is 70.2 Å². The van der Waals surface area contributed by atoms with Crippen LogP contribution in [0.1, 0.15) is 64.6 Å². The topological polar surface area (TPSA) is 192 Å². The molecule has 5 heterocycles. The molecular formula is C46H46FN11O6. The first kappa shape index (κ1) is 41.7. The second-order valence-electron chi connectivity index (χ2n) is 16.5. The number of rotatable bonds is 10. The van der Waals surface area contributed by atoms with Gasteiger partial charge < -0.3 is 15.5 Å². The zero-order valence-electron chi connectivity index (χ0n) is 35.7. The molecule has 7 aromatic rings. The third-order valence-corrected chi connectivity index (χ3v) is 12.7. The maximum Gasteiger partial charge on any atom is 0.350 e. The van der Waals surface area contributed by atoms with Crippen molar-refractivity contribution in [1.82, 2.24) is 43.9 Å². The summed E-state index contributed by atoms with van der Waals surface area (Å²) in [5.74, 6) is -2.05. The molecule has 2 aliphatic heterocycles. The highest BCUT2D eigenvalue weighted by atomic mass is 19.1. The first-order valence-corrected chi connectivity index (χ1v) is 21.1. The second-order valence-corrected chi connectivity index (χ2v) is 16.5. The average molecular weight is 868 g/mol. The van der Waals surface area contributed by atoms with E-state index < -0.39 is 23.7 Å². The summed E-state index contributed by atoms with van der Waals surface area (Å²) in [7, 11) is 6.41. The molecule has 64 heavy (non-hydrogen) atoms. The van der Waals surface area contributed by atoms with Gasteiger partial charge in [0.05, 0.1) is 27.6 Å². The number of imide groups is 1. The van der Waals surface area contributed by atoms with Crippen LogP contribution in [0.15, 0.2) is 88.7 Å². The number of carbonyl (C=O) groups excluding carboxylic acids is 4. The molecular weight excluding hydrogens is 822 g/mol. The van der Waals surface area contributed by atoms with Crippen LogP contribution in [0.3, 0.4) is 0 Å². The fourth-order valence-corrected chi connectivity index (χ4v) is 9.13. The number of hydrogen-bond acceptors (Lipinski definition) is 9. The molecule has 3 N–H and O–H groups in total. The van der Waals surface area contributed by atoms with Crippen LogP contribution < -0.4 is 32.2 Å². The number of carbonyl (C=O) groups is 4. The van der Waals surface area contributed by atoms with E-state index in [4.69, 9.17) is 0 Å². The number of nitrogens with zero attached hydrogens (tertiary/aromatic N) is 8. The Morgan fingerprint density at radius 3 is 2.30 bits per heavy atom. The molecule has 2 aliphatic rings. The fourth-order valence-electron chi connectivity index (χ4n) is 9.13.